The lowest BCUT2D eigenvalue weighted by molar-refractivity contribution is -0.140. The molecule has 8 nitrogen and oxygen atoms in total. The average Bonchev–Trinajstić information content (AvgIpc) is 3.02. The van der Waals surface area contributed by atoms with Gasteiger partial charge in [0.25, 0.3) is 0 Å². The van der Waals surface area contributed by atoms with Crippen LogP contribution in [0, 0.1) is 0 Å². The van der Waals surface area contributed by atoms with Crippen LogP contribution >= 0.6 is 0 Å². The Labute approximate surface area is 236 Å². The van der Waals surface area contributed by atoms with E-state index in [1.54, 1.807) is 86.0 Å². The van der Waals surface area contributed by atoms with E-state index in [4.69, 9.17) is 18.9 Å². The van der Waals surface area contributed by atoms with Crippen LogP contribution in [0.2, 0.25) is 0 Å². The molecule has 41 heavy (non-hydrogen) atoms. The van der Waals surface area contributed by atoms with Crippen molar-refractivity contribution in [1.29, 1.82) is 0 Å². The van der Waals surface area contributed by atoms with E-state index in [0.29, 0.717) is 28.4 Å². The van der Waals surface area contributed by atoms with Crippen molar-refractivity contribution in [2.75, 3.05) is 7.11 Å². The monoisotopic (exact) mass is 546 g/mol. The highest BCUT2D eigenvalue weighted by Crippen LogP contribution is 2.28. The van der Waals surface area contributed by atoms with Crippen LogP contribution in [0.5, 0.6) is 23.0 Å². The van der Waals surface area contributed by atoms with Crippen LogP contribution in [-0.4, -0.2) is 31.5 Å². The zero-order valence-corrected chi connectivity index (χ0v) is 22.1. The predicted molar refractivity (Wildman–Crippen MR) is 156 cm³/mol. The summed E-state index contributed by atoms with van der Waals surface area (Å²) in [5.41, 5.74) is 3.35. The van der Waals surface area contributed by atoms with Gasteiger partial charge < -0.3 is 18.9 Å². The fraction of sp³-hybridized carbons (Fsp3) is 0.0606. The van der Waals surface area contributed by atoms with Crippen molar-refractivity contribution >= 4 is 28.9 Å². The first-order valence-corrected chi connectivity index (χ1v) is 12.7. The molecule has 0 radical (unpaired) electrons. The molecule has 0 spiro atoms. The molecule has 204 valence electrons. The summed E-state index contributed by atoms with van der Waals surface area (Å²) >= 11 is 0. The van der Waals surface area contributed by atoms with Gasteiger partial charge in [0.05, 0.1) is 18.9 Å². The second kappa shape index (κ2) is 12.9. The molecule has 1 amide bonds. The van der Waals surface area contributed by atoms with E-state index in [-0.39, 0.29) is 5.75 Å². The number of hydrazone groups is 1. The van der Waals surface area contributed by atoms with Gasteiger partial charge >= 0.3 is 18.2 Å². The second-order valence-corrected chi connectivity index (χ2v) is 8.74. The molecule has 8 heteroatoms. The lowest BCUT2D eigenvalue weighted by atomic mass is 10.0. The number of esters is 1. The van der Waals surface area contributed by atoms with Gasteiger partial charge in [0, 0.05) is 5.56 Å². The topological polar surface area (TPSA) is 95.5 Å². The van der Waals surface area contributed by atoms with Gasteiger partial charge in [-0.05, 0) is 65.4 Å². The number of hydrogen-bond donors (Lipinski definition) is 1. The second-order valence-electron chi connectivity index (χ2n) is 8.74. The zero-order chi connectivity index (χ0) is 28.4. The molecular formula is C33H26N2O6. The third kappa shape index (κ3) is 6.88. The van der Waals surface area contributed by atoms with Gasteiger partial charge in [-0.1, -0.05) is 66.7 Å². The van der Waals surface area contributed by atoms with E-state index < -0.39 is 18.2 Å². The Morgan fingerprint density at radius 3 is 1.95 bits per heavy atom. The number of methoxy groups -OCH3 is 1. The van der Waals surface area contributed by atoms with Gasteiger partial charge in [-0.3, -0.25) is 4.79 Å². The van der Waals surface area contributed by atoms with Crippen molar-refractivity contribution in [3.05, 3.63) is 132 Å². The molecule has 5 rings (SSSR count). The standard InChI is InChI=1S/C33H26N2O6/c1-38-25-19-16-24(17-20-25)32(37)41-30-21-18-23-10-8-9-15-28(23)29(30)22-34-35-31(36)33(39-26-11-4-2-5-12-26)40-27-13-6-3-7-14-27/h2-22,33H,1H3,(H,35,36)/b34-22+. The number of amides is 1. The third-order valence-corrected chi connectivity index (χ3v) is 6.01. The fourth-order valence-electron chi connectivity index (χ4n) is 3.97. The summed E-state index contributed by atoms with van der Waals surface area (Å²) in [4.78, 5) is 26.0. The van der Waals surface area contributed by atoms with Crippen molar-refractivity contribution in [2.45, 2.75) is 6.29 Å². The average molecular weight is 547 g/mol. The molecule has 5 aromatic carbocycles. The highest BCUT2D eigenvalue weighted by Gasteiger charge is 2.23. The Kier molecular flexibility index (Phi) is 8.51. The zero-order valence-electron chi connectivity index (χ0n) is 22.1. The van der Waals surface area contributed by atoms with Crippen LogP contribution < -0.4 is 24.4 Å². The largest absolute Gasteiger partial charge is 0.497 e. The number of nitrogens with one attached hydrogen (secondary N) is 1. The van der Waals surface area contributed by atoms with Crippen LogP contribution in [0.1, 0.15) is 15.9 Å². The highest BCUT2D eigenvalue weighted by molar-refractivity contribution is 6.04. The highest BCUT2D eigenvalue weighted by atomic mass is 16.7. The quantitative estimate of drug-likeness (QED) is 0.0759. The summed E-state index contributed by atoms with van der Waals surface area (Å²) in [5.74, 6) is 0.630. The van der Waals surface area contributed by atoms with Crippen LogP contribution in [0.15, 0.2) is 126 Å². The van der Waals surface area contributed by atoms with Gasteiger partial charge in [-0.15, -0.1) is 0 Å². The van der Waals surface area contributed by atoms with Gasteiger partial charge in [0.2, 0.25) is 0 Å². The Bertz CT molecular complexity index is 1610. The van der Waals surface area contributed by atoms with Gasteiger partial charge in [0.1, 0.15) is 23.0 Å². The molecule has 0 heterocycles. The summed E-state index contributed by atoms with van der Waals surface area (Å²) in [6.45, 7) is 0. The lowest BCUT2D eigenvalue weighted by Gasteiger charge is -2.18. The smallest absolute Gasteiger partial charge is 0.343 e. The first-order valence-electron chi connectivity index (χ1n) is 12.7. The van der Waals surface area contributed by atoms with E-state index in [2.05, 4.69) is 10.5 Å². The summed E-state index contributed by atoms with van der Waals surface area (Å²) in [7, 11) is 1.55. The minimum Gasteiger partial charge on any atom is -0.497 e. The van der Waals surface area contributed by atoms with Crippen LogP contribution in [-0.2, 0) is 4.79 Å². The maximum atomic E-state index is 13.1. The summed E-state index contributed by atoms with van der Waals surface area (Å²) in [6, 6.07) is 35.4. The molecule has 0 aliphatic rings. The van der Waals surface area contributed by atoms with E-state index in [9.17, 15) is 9.59 Å². The molecular weight excluding hydrogens is 520 g/mol. The van der Waals surface area contributed by atoms with E-state index in [1.165, 1.54) is 6.21 Å². The molecule has 0 aliphatic carbocycles. The van der Waals surface area contributed by atoms with E-state index >= 15 is 0 Å². The summed E-state index contributed by atoms with van der Waals surface area (Å²) < 4.78 is 22.5. The van der Waals surface area contributed by atoms with Crippen molar-refractivity contribution in [3.63, 3.8) is 0 Å². The number of carbonyl (C=O) groups is 2. The molecule has 0 saturated heterocycles. The number of hydrogen-bond acceptors (Lipinski definition) is 7. The Hall–Kier alpha value is -5.63. The number of fused-ring (bicyclic) bond motifs is 1. The van der Waals surface area contributed by atoms with Crippen LogP contribution in [0.25, 0.3) is 10.8 Å². The van der Waals surface area contributed by atoms with Gasteiger partial charge in [-0.2, -0.15) is 5.10 Å². The number of para-hydroxylation sites is 2. The number of nitrogens with zero attached hydrogens (tertiary/aromatic N) is 1. The van der Waals surface area contributed by atoms with Gasteiger partial charge in [-0.25, -0.2) is 10.2 Å². The van der Waals surface area contributed by atoms with Crippen molar-refractivity contribution in [2.24, 2.45) is 5.10 Å². The summed E-state index contributed by atoms with van der Waals surface area (Å²) in [5, 5.41) is 5.85. The predicted octanol–water partition coefficient (Wildman–Crippen LogP) is 6.00. The Morgan fingerprint density at radius 2 is 1.32 bits per heavy atom. The molecule has 5 aromatic rings. The Morgan fingerprint density at radius 1 is 0.707 bits per heavy atom. The van der Waals surface area contributed by atoms with Crippen molar-refractivity contribution in [3.8, 4) is 23.0 Å². The van der Waals surface area contributed by atoms with Crippen molar-refractivity contribution < 1.29 is 28.5 Å². The first kappa shape index (κ1) is 27.0. The van der Waals surface area contributed by atoms with E-state index in [1.807, 2.05) is 42.5 Å². The number of carbonyl (C=O) groups excluding carboxylic acids is 2. The third-order valence-electron chi connectivity index (χ3n) is 6.01. The normalized spacial score (nSPS) is 10.9. The van der Waals surface area contributed by atoms with Gasteiger partial charge in [0.15, 0.2) is 0 Å². The minimum atomic E-state index is -1.32. The SMILES string of the molecule is COc1ccc(C(=O)Oc2ccc3ccccc3c2/C=N/NC(=O)C(Oc2ccccc2)Oc2ccccc2)cc1. The number of benzene rings is 5. The molecule has 0 unspecified atom stereocenters. The maximum Gasteiger partial charge on any atom is 0.343 e. The Balaban J connectivity index is 1.38. The van der Waals surface area contributed by atoms with Crippen LogP contribution in [0.3, 0.4) is 0 Å². The molecule has 0 aromatic heterocycles. The summed E-state index contributed by atoms with van der Waals surface area (Å²) in [6.07, 6.45) is 0.107. The van der Waals surface area contributed by atoms with Crippen LogP contribution in [0.4, 0.5) is 0 Å². The van der Waals surface area contributed by atoms with Crippen molar-refractivity contribution in [1.82, 2.24) is 5.43 Å². The molecule has 0 fully saturated rings. The first-order chi connectivity index (χ1) is 20.1. The van der Waals surface area contributed by atoms with E-state index in [0.717, 1.165) is 10.8 Å². The lowest BCUT2D eigenvalue weighted by Crippen LogP contribution is -2.40. The minimum absolute atomic E-state index is 0.278. The maximum absolute atomic E-state index is 13.1. The molecule has 1 N–H and O–H groups in total. The number of rotatable bonds is 10. The molecule has 0 bridgehead atoms. The number of ether oxygens (including phenoxy) is 4. The molecule has 0 saturated carbocycles. The fourth-order valence-corrected chi connectivity index (χ4v) is 3.97. The molecule has 0 aliphatic heterocycles. The molecule has 0 atom stereocenters.